The van der Waals surface area contributed by atoms with Crippen LogP contribution >= 0.6 is 0 Å². The van der Waals surface area contributed by atoms with Crippen LogP contribution < -0.4 is 0 Å². The summed E-state index contributed by atoms with van der Waals surface area (Å²) in [4.78, 5) is 11.4. The van der Waals surface area contributed by atoms with Gasteiger partial charge in [0, 0.05) is 5.57 Å². The molecular formula is C11H14O2. The third-order valence-electron chi connectivity index (χ3n) is 4.38. The van der Waals surface area contributed by atoms with Crippen LogP contribution in [0.5, 0.6) is 0 Å². The second kappa shape index (κ2) is 1.99. The van der Waals surface area contributed by atoms with Crippen LogP contribution in [0.25, 0.3) is 0 Å². The van der Waals surface area contributed by atoms with Crippen molar-refractivity contribution in [3.8, 4) is 0 Å². The van der Waals surface area contributed by atoms with Crippen LogP contribution in [-0.4, -0.2) is 13.1 Å². The van der Waals surface area contributed by atoms with Crippen molar-refractivity contribution in [3.63, 3.8) is 0 Å². The first kappa shape index (κ1) is 7.60. The van der Waals surface area contributed by atoms with E-state index in [1.165, 1.54) is 20.0 Å². The first-order valence-corrected chi connectivity index (χ1v) is 4.97. The molecule has 13 heavy (non-hydrogen) atoms. The summed E-state index contributed by atoms with van der Waals surface area (Å²) in [5.41, 5.74) is 1.51. The Morgan fingerprint density at radius 3 is 2.85 bits per heavy atom. The third-order valence-corrected chi connectivity index (χ3v) is 4.38. The predicted molar refractivity (Wildman–Crippen MR) is 47.9 cm³/mol. The van der Waals surface area contributed by atoms with Gasteiger partial charge in [0.25, 0.3) is 0 Å². The number of hydrogen-bond acceptors (Lipinski definition) is 2. The fourth-order valence-electron chi connectivity index (χ4n) is 3.55. The Bertz CT molecular complexity index is 318. The minimum atomic E-state index is -0.0996. The van der Waals surface area contributed by atoms with Gasteiger partial charge in [-0.05, 0) is 36.0 Å². The van der Waals surface area contributed by atoms with E-state index in [0.717, 1.165) is 11.5 Å². The smallest absolute Gasteiger partial charge is 0.333 e. The SMILES string of the molecule is COC(=O)C1=CC2C3CC1CC23C. The Morgan fingerprint density at radius 2 is 2.46 bits per heavy atom. The second-order valence-corrected chi connectivity index (χ2v) is 4.89. The second-order valence-electron chi connectivity index (χ2n) is 4.89. The van der Waals surface area contributed by atoms with Crippen LogP contribution in [-0.2, 0) is 9.53 Å². The Labute approximate surface area is 78.0 Å². The van der Waals surface area contributed by atoms with Crippen molar-refractivity contribution in [1.82, 2.24) is 0 Å². The number of esters is 1. The van der Waals surface area contributed by atoms with Gasteiger partial charge >= 0.3 is 5.97 Å². The summed E-state index contributed by atoms with van der Waals surface area (Å²) in [6.07, 6.45) is 4.61. The molecule has 4 unspecified atom stereocenters. The van der Waals surface area contributed by atoms with E-state index in [9.17, 15) is 4.79 Å². The van der Waals surface area contributed by atoms with Crippen molar-refractivity contribution in [1.29, 1.82) is 0 Å². The van der Waals surface area contributed by atoms with Crippen LogP contribution in [0.3, 0.4) is 0 Å². The molecule has 2 fully saturated rings. The van der Waals surface area contributed by atoms with Gasteiger partial charge in [-0.15, -0.1) is 0 Å². The van der Waals surface area contributed by atoms with Crippen molar-refractivity contribution < 1.29 is 9.53 Å². The minimum Gasteiger partial charge on any atom is -0.466 e. The fourth-order valence-corrected chi connectivity index (χ4v) is 3.55. The van der Waals surface area contributed by atoms with Gasteiger partial charge < -0.3 is 4.74 Å². The van der Waals surface area contributed by atoms with E-state index in [-0.39, 0.29) is 5.97 Å². The minimum absolute atomic E-state index is 0.0996. The molecule has 0 aliphatic heterocycles. The standard InChI is InChI=1S/C11H14O2/c1-11-5-6-3-8(11)9(11)4-7(6)10(12)13-2/h4,6,8-9H,3,5H2,1-2H3. The number of allylic oxidation sites excluding steroid dienone is 1. The normalized spacial score (nSPS) is 50.0. The average molecular weight is 178 g/mol. The zero-order valence-corrected chi connectivity index (χ0v) is 8.04. The van der Waals surface area contributed by atoms with Gasteiger partial charge in [-0.2, -0.15) is 0 Å². The van der Waals surface area contributed by atoms with Crippen molar-refractivity contribution in [3.05, 3.63) is 11.6 Å². The summed E-state index contributed by atoms with van der Waals surface area (Å²) < 4.78 is 4.78. The molecule has 2 saturated carbocycles. The largest absolute Gasteiger partial charge is 0.466 e. The summed E-state index contributed by atoms with van der Waals surface area (Å²) in [5, 5.41) is 0. The molecule has 0 aromatic carbocycles. The third kappa shape index (κ3) is 0.725. The van der Waals surface area contributed by atoms with Crippen LogP contribution in [0.1, 0.15) is 19.8 Å². The van der Waals surface area contributed by atoms with E-state index in [1.807, 2.05) is 0 Å². The first-order chi connectivity index (χ1) is 6.16. The zero-order valence-electron chi connectivity index (χ0n) is 8.04. The molecule has 0 saturated heterocycles. The first-order valence-electron chi connectivity index (χ1n) is 4.97. The lowest BCUT2D eigenvalue weighted by molar-refractivity contribution is -0.137. The highest BCUT2D eigenvalue weighted by atomic mass is 16.5. The maximum Gasteiger partial charge on any atom is 0.333 e. The average Bonchev–Trinajstić information content (AvgIpc) is 2.56. The summed E-state index contributed by atoms with van der Waals surface area (Å²) in [6, 6.07) is 0. The highest BCUT2D eigenvalue weighted by Crippen LogP contribution is 2.74. The molecule has 0 spiro atoms. The molecule has 4 aliphatic rings. The van der Waals surface area contributed by atoms with Crippen molar-refractivity contribution in [2.24, 2.45) is 23.2 Å². The molecule has 0 N–H and O–H groups in total. The summed E-state index contributed by atoms with van der Waals surface area (Å²) in [5.74, 6) is 1.97. The number of hydrogen-bond donors (Lipinski definition) is 0. The van der Waals surface area contributed by atoms with Gasteiger partial charge in [-0.3, -0.25) is 0 Å². The number of rotatable bonds is 1. The number of carbonyl (C=O) groups is 1. The molecule has 4 aliphatic carbocycles. The van der Waals surface area contributed by atoms with Crippen LogP contribution in [0.15, 0.2) is 11.6 Å². The molecule has 0 heterocycles. The van der Waals surface area contributed by atoms with Gasteiger partial charge in [0.1, 0.15) is 0 Å². The quantitative estimate of drug-likeness (QED) is 0.572. The molecule has 70 valence electrons. The van der Waals surface area contributed by atoms with Crippen LogP contribution in [0.2, 0.25) is 0 Å². The number of methoxy groups -OCH3 is 1. The van der Waals surface area contributed by atoms with E-state index in [0.29, 0.717) is 17.3 Å². The van der Waals surface area contributed by atoms with Gasteiger partial charge in [0.05, 0.1) is 7.11 Å². The molecule has 0 amide bonds. The summed E-state index contributed by atoms with van der Waals surface area (Å²) in [7, 11) is 1.47. The van der Waals surface area contributed by atoms with E-state index >= 15 is 0 Å². The van der Waals surface area contributed by atoms with E-state index in [2.05, 4.69) is 13.0 Å². The Morgan fingerprint density at radius 1 is 1.69 bits per heavy atom. The molecule has 4 rings (SSSR count). The highest BCUT2D eigenvalue weighted by Gasteiger charge is 2.68. The fraction of sp³-hybridized carbons (Fsp3) is 0.727. The topological polar surface area (TPSA) is 26.3 Å². The predicted octanol–water partition coefficient (Wildman–Crippen LogP) is 1.76. The number of ether oxygens (including phenoxy) is 1. The van der Waals surface area contributed by atoms with E-state index in [1.54, 1.807) is 0 Å². The van der Waals surface area contributed by atoms with Crippen molar-refractivity contribution in [2.45, 2.75) is 19.8 Å². The molecular weight excluding hydrogens is 164 g/mol. The maximum absolute atomic E-state index is 11.4. The van der Waals surface area contributed by atoms with E-state index in [4.69, 9.17) is 4.74 Å². The molecule has 2 nitrogen and oxygen atoms in total. The van der Waals surface area contributed by atoms with Crippen LogP contribution in [0, 0.1) is 23.2 Å². The molecule has 4 bridgehead atoms. The van der Waals surface area contributed by atoms with Gasteiger partial charge in [-0.1, -0.05) is 13.0 Å². The van der Waals surface area contributed by atoms with Crippen LogP contribution in [0.4, 0.5) is 0 Å². The monoisotopic (exact) mass is 178 g/mol. The Balaban J connectivity index is 1.94. The zero-order chi connectivity index (χ0) is 9.22. The maximum atomic E-state index is 11.4. The Hall–Kier alpha value is -0.790. The lowest BCUT2D eigenvalue weighted by Gasteiger charge is -2.23. The van der Waals surface area contributed by atoms with Crippen molar-refractivity contribution in [2.75, 3.05) is 7.11 Å². The van der Waals surface area contributed by atoms with Gasteiger partial charge in [0.15, 0.2) is 0 Å². The lowest BCUT2D eigenvalue weighted by atomic mass is 9.82. The molecule has 4 atom stereocenters. The molecule has 2 heteroatoms. The summed E-state index contributed by atoms with van der Waals surface area (Å²) >= 11 is 0. The molecule has 0 aromatic heterocycles. The van der Waals surface area contributed by atoms with Crippen molar-refractivity contribution >= 4 is 5.97 Å². The Kier molecular flexibility index (Phi) is 1.17. The molecule has 0 radical (unpaired) electrons. The summed E-state index contributed by atoms with van der Waals surface area (Å²) in [6.45, 7) is 2.35. The van der Waals surface area contributed by atoms with Gasteiger partial charge in [-0.25, -0.2) is 4.79 Å². The molecule has 0 aromatic rings. The lowest BCUT2D eigenvalue weighted by Crippen LogP contribution is -2.20. The van der Waals surface area contributed by atoms with E-state index < -0.39 is 0 Å². The van der Waals surface area contributed by atoms with Gasteiger partial charge in [0.2, 0.25) is 0 Å². The number of carbonyl (C=O) groups excluding carboxylic acids is 1. The highest BCUT2D eigenvalue weighted by molar-refractivity contribution is 5.90.